The van der Waals surface area contributed by atoms with Gasteiger partial charge in [-0.3, -0.25) is 0 Å². The minimum absolute atomic E-state index is 0.248. The van der Waals surface area contributed by atoms with E-state index in [0.717, 1.165) is 11.3 Å². The second-order valence-corrected chi connectivity index (χ2v) is 4.71. The van der Waals surface area contributed by atoms with E-state index in [1.807, 2.05) is 11.9 Å². The quantitative estimate of drug-likeness (QED) is 0.883. The van der Waals surface area contributed by atoms with Crippen LogP contribution in [0, 0.1) is 0 Å². The third kappa shape index (κ3) is 3.60. The SMILES string of the molecule is CN(Cc1ccc(C(=O)O)cc1)c1ccc(C(=O)O)cc1. The molecule has 0 heterocycles. The van der Waals surface area contributed by atoms with Gasteiger partial charge >= 0.3 is 11.9 Å². The monoisotopic (exact) mass is 285 g/mol. The van der Waals surface area contributed by atoms with Crippen molar-refractivity contribution in [1.29, 1.82) is 0 Å². The molecule has 2 aromatic carbocycles. The zero-order valence-corrected chi connectivity index (χ0v) is 11.5. The van der Waals surface area contributed by atoms with Crippen molar-refractivity contribution >= 4 is 17.6 Å². The molecule has 0 bridgehead atoms. The van der Waals surface area contributed by atoms with E-state index in [-0.39, 0.29) is 11.1 Å². The first-order chi connectivity index (χ1) is 9.97. The fourth-order valence-corrected chi connectivity index (χ4v) is 1.98. The first-order valence-electron chi connectivity index (χ1n) is 6.34. The van der Waals surface area contributed by atoms with Crippen LogP contribution in [0.3, 0.4) is 0 Å². The fourth-order valence-electron chi connectivity index (χ4n) is 1.98. The first-order valence-corrected chi connectivity index (χ1v) is 6.34. The van der Waals surface area contributed by atoms with E-state index in [1.165, 1.54) is 0 Å². The first kappa shape index (κ1) is 14.6. The Balaban J connectivity index is 2.08. The highest BCUT2D eigenvalue weighted by Gasteiger charge is 2.06. The van der Waals surface area contributed by atoms with Gasteiger partial charge in [0.25, 0.3) is 0 Å². The molecular formula is C16H15NO4. The smallest absolute Gasteiger partial charge is 0.335 e. The number of aromatic carboxylic acids is 2. The summed E-state index contributed by atoms with van der Waals surface area (Å²) >= 11 is 0. The van der Waals surface area contributed by atoms with Crippen molar-refractivity contribution in [3.63, 3.8) is 0 Å². The highest BCUT2D eigenvalue weighted by Crippen LogP contribution is 2.17. The molecule has 0 aliphatic rings. The Morgan fingerprint density at radius 2 is 1.29 bits per heavy atom. The predicted molar refractivity (Wildman–Crippen MR) is 78.9 cm³/mol. The molecule has 0 aliphatic carbocycles. The van der Waals surface area contributed by atoms with Crippen LogP contribution < -0.4 is 4.90 Å². The minimum atomic E-state index is -0.950. The third-order valence-corrected chi connectivity index (χ3v) is 3.18. The summed E-state index contributed by atoms with van der Waals surface area (Å²) in [5.41, 5.74) is 2.37. The molecule has 0 amide bonds. The number of benzene rings is 2. The largest absolute Gasteiger partial charge is 0.478 e. The number of carboxylic acid groups (broad SMARTS) is 2. The van der Waals surface area contributed by atoms with Crippen LogP contribution in [0.5, 0.6) is 0 Å². The standard InChI is InChI=1S/C16H15NO4/c1-17(14-8-6-13(7-9-14)16(20)21)10-11-2-4-12(5-3-11)15(18)19/h2-9H,10H2,1H3,(H,18,19)(H,20,21). The number of rotatable bonds is 5. The second kappa shape index (κ2) is 6.09. The number of carbonyl (C=O) groups is 2. The average molecular weight is 285 g/mol. The Labute approximate surface area is 122 Å². The number of hydrogen-bond donors (Lipinski definition) is 2. The van der Waals surface area contributed by atoms with Crippen molar-refractivity contribution < 1.29 is 19.8 Å². The number of anilines is 1. The molecule has 0 radical (unpaired) electrons. The molecule has 5 heteroatoms. The van der Waals surface area contributed by atoms with Crippen LogP contribution in [0.4, 0.5) is 5.69 Å². The summed E-state index contributed by atoms with van der Waals surface area (Å²) in [6.07, 6.45) is 0. The lowest BCUT2D eigenvalue weighted by Crippen LogP contribution is -2.16. The summed E-state index contributed by atoms with van der Waals surface area (Å²) in [5.74, 6) is -1.90. The van der Waals surface area contributed by atoms with E-state index in [1.54, 1.807) is 48.5 Å². The molecule has 5 nitrogen and oxygen atoms in total. The van der Waals surface area contributed by atoms with Gasteiger partial charge in [-0.2, -0.15) is 0 Å². The van der Waals surface area contributed by atoms with Crippen molar-refractivity contribution in [2.75, 3.05) is 11.9 Å². The maximum Gasteiger partial charge on any atom is 0.335 e. The van der Waals surface area contributed by atoms with E-state index in [4.69, 9.17) is 10.2 Å². The molecule has 0 saturated carbocycles. The topological polar surface area (TPSA) is 77.8 Å². The Kier molecular flexibility index (Phi) is 4.23. The van der Waals surface area contributed by atoms with Crippen LogP contribution >= 0.6 is 0 Å². The number of nitrogens with zero attached hydrogens (tertiary/aromatic N) is 1. The van der Waals surface area contributed by atoms with Crippen LogP contribution in [0.25, 0.3) is 0 Å². The molecule has 2 N–H and O–H groups in total. The highest BCUT2D eigenvalue weighted by atomic mass is 16.4. The highest BCUT2D eigenvalue weighted by molar-refractivity contribution is 5.88. The zero-order valence-electron chi connectivity index (χ0n) is 11.5. The summed E-state index contributed by atoms with van der Waals surface area (Å²) in [7, 11) is 1.89. The molecule has 0 aliphatic heterocycles. The third-order valence-electron chi connectivity index (χ3n) is 3.18. The molecular weight excluding hydrogens is 270 g/mol. The molecule has 2 rings (SSSR count). The maximum absolute atomic E-state index is 10.8. The van der Waals surface area contributed by atoms with E-state index >= 15 is 0 Å². The van der Waals surface area contributed by atoms with E-state index in [9.17, 15) is 9.59 Å². The minimum Gasteiger partial charge on any atom is -0.478 e. The zero-order chi connectivity index (χ0) is 15.4. The molecule has 2 aromatic rings. The summed E-state index contributed by atoms with van der Waals surface area (Å²) in [6.45, 7) is 0.603. The van der Waals surface area contributed by atoms with Crippen LogP contribution in [-0.4, -0.2) is 29.2 Å². The van der Waals surface area contributed by atoms with Gasteiger partial charge < -0.3 is 15.1 Å². The summed E-state index contributed by atoms with van der Waals surface area (Å²) in [5, 5.41) is 17.7. The summed E-state index contributed by atoms with van der Waals surface area (Å²) in [6, 6.07) is 13.3. The summed E-state index contributed by atoms with van der Waals surface area (Å²) < 4.78 is 0. The molecule has 0 aromatic heterocycles. The Hall–Kier alpha value is -2.82. The van der Waals surface area contributed by atoms with E-state index < -0.39 is 11.9 Å². The fraction of sp³-hybridized carbons (Fsp3) is 0.125. The molecule has 21 heavy (non-hydrogen) atoms. The number of hydrogen-bond acceptors (Lipinski definition) is 3. The normalized spacial score (nSPS) is 10.1. The lowest BCUT2D eigenvalue weighted by Gasteiger charge is -2.19. The van der Waals surface area contributed by atoms with Gasteiger partial charge in [0.05, 0.1) is 11.1 Å². The molecule has 0 atom stereocenters. The van der Waals surface area contributed by atoms with E-state index in [2.05, 4.69) is 0 Å². The Bertz CT molecular complexity index is 647. The van der Waals surface area contributed by atoms with Crippen molar-refractivity contribution in [3.8, 4) is 0 Å². The van der Waals surface area contributed by atoms with Crippen LogP contribution in [-0.2, 0) is 6.54 Å². The molecule has 0 unspecified atom stereocenters. The van der Waals surface area contributed by atoms with Gasteiger partial charge in [0, 0.05) is 19.3 Å². The Morgan fingerprint density at radius 3 is 1.71 bits per heavy atom. The molecule has 0 fully saturated rings. The lowest BCUT2D eigenvalue weighted by atomic mass is 10.1. The second-order valence-electron chi connectivity index (χ2n) is 4.71. The van der Waals surface area contributed by atoms with Crippen molar-refractivity contribution in [3.05, 3.63) is 65.2 Å². The lowest BCUT2D eigenvalue weighted by molar-refractivity contribution is 0.0686. The average Bonchev–Trinajstić information content (AvgIpc) is 2.47. The molecule has 108 valence electrons. The van der Waals surface area contributed by atoms with Crippen molar-refractivity contribution in [1.82, 2.24) is 0 Å². The van der Waals surface area contributed by atoms with Gasteiger partial charge in [-0.15, -0.1) is 0 Å². The van der Waals surface area contributed by atoms with Crippen LogP contribution in [0.2, 0.25) is 0 Å². The molecule has 0 saturated heterocycles. The van der Waals surface area contributed by atoms with E-state index in [0.29, 0.717) is 6.54 Å². The van der Waals surface area contributed by atoms with Crippen LogP contribution in [0.1, 0.15) is 26.3 Å². The van der Waals surface area contributed by atoms with Crippen molar-refractivity contribution in [2.24, 2.45) is 0 Å². The van der Waals surface area contributed by atoms with Crippen molar-refractivity contribution in [2.45, 2.75) is 6.54 Å². The summed E-state index contributed by atoms with van der Waals surface area (Å²) in [4.78, 5) is 23.5. The van der Waals surface area contributed by atoms with Gasteiger partial charge in [0.15, 0.2) is 0 Å². The van der Waals surface area contributed by atoms with Crippen LogP contribution in [0.15, 0.2) is 48.5 Å². The van der Waals surface area contributed by atoms with Gasteiger partial charge in [0.1, 0.15) is 0 Å². The Morgan fingerprint density at radius 1 is 0.857 bits per heavy atom. The number of carboxylic acids is 2. The van der Waals surface area contributed by atoms with Gasteiger partial charge in [-0.25, -0.2) is 9.59 Å². The molecule has 0 spiro atoms. The van der Waals surface area contributed by atoms with Gasteiger partial charge in [0.2, 0.25) is 0 Å². The maximum atomic E-state index is 10.8. The predicted octanol–water partition coefficient (Wildman–Crippen LogP) is 2.72. The van der Waals surface area contributed by atoms with Gasteiger partial charge in [-0.05, 0) is 42.0 Å². The van der Waals surface area contributed by atoms with Gasteiger partial charge in [-0.1, -0.05) is 12.1 Å².